The zero-order valence-electron chi connectivity index (χ0n) is 14.1. The number of nitrogens with one attached hydrogen (secondary N) is 1. The van der Waals surface area contributed by atoms with Gasteiger partial charge < -0.3 is 10.1 Å². The zero-order valence-corrected chi connectivity index (χ0v) is 14.9. The zero-order chi connectivity index (χ0) is 18.0. The fourth-order valence-corrected chi connectivity index (χ4v) is 4.40. The molecule has 1 aliphatic carbocycles. The lowest BCUT2D eigenvalue weighted by Crippen LogP contribution is -2.27. The van der Waals surface area contributed by atoms with E-state index in [1.807, 2.05) is 6.92 Å². The highest BCUT2D eigenvalue weighted by molar-refractivity contribution is 7.89. The van der Waals surface area contributed by atoms with Crippen molar-refractivity contribution in [3.05, 3.63) is 24.3 Å². The second kappa shape index (κ2) is 7.13. The number of carbonyl (C=O) groups excluding carboxylic acids is 2. The van der Waals surface area contributed by atoms with Crippen LogP contribution in [-0.4, -0.2) is 44.3 Å². The molecule has 2 aliphatic rings. The molecule has 136 valence electrons. The van der Waals surface area contributed by atoms with Gasteiger partial charge in [-0.25, -0.2) is 8.42 Å². The summed E-state index contributed by atoms with van der Waals surface area (Å²) in [6, 6.07) is 6.01. The number of hydrogen-bond acceptors (Lipinski definition) is 5. The van der Waals surface area contributed by atoms with E-state index in [9.17, 15) is 18.0 Å². The van der Waals surface area contributed by atoms with Crippen LogP contribution in [0.1, 0.15) is 26.2 Å². The summed E-state index contributed by atoms with van der Waals surface area (Å²) in [6.45, 7) is 2.72. The van der Waals surface area contributed by atoms with E-state index >= 15 is 0 Å². The van der Waals surface area contributed by atoms with Crippen molar-refractivity contribution < 1.29 is 22.7 Å². The van der Waals surface area contributed by atoms with Crippen LogP contribution in [0.15, 0.2) is 29.2 Å². The smallest absolute Gasteiger partial charge is 0.309 e. The molecule has 1 aromatic rings. The third-order valence-electron chi connectivity index (χ3n) is 4.60. The van der Waals surface area contributed by atoms with Crippen LogP contribution < -0.4 is 5.32 Å². The molecule has 1 amide bonds. The van der Waals surface area contributed by atoms with Gasteiger partial charge in [-0.2, -0.15) is 4.31 Å². The molecule has 2 atom stereocenters. The number of nitrogens with zero attached hydrogens (tertiary/aromatic N) is 1. The van der Waals surface area contributed by atoms with Gasteiger partial charge >= 0.3 is 5.97 Å². The maximum atomic E-state index is 12.4. The molecule has 0 spiro atoms. The molecule has 1 heterocycles. The summed E-state index contributed by atoms with van der Waals surface area (Å²) in [5, 5.41) is 2.59. The summed E-state index contributed by atoms with van der Waals surface area (Å²) in [5.41, 5.74) is 0.459. The molecule has 2 fully saturated rings. The number of carbonyl (C=O) groups is 2. The fraction of sp³-hybridized carbons (Fsp3) is 0.529. The topological polar surface area (TPSA) is 92.8 Å². The van der Waals surface area contributed by atoms with Crippen LogP contribution in [0.25, 0.3) is 0 Å². The lowest BCUT2D eigenvalue weighted by molar-refractivity contribution is -0.148. The average Bonchev–Trinajstić information content (AvgIpc) is 3.09. The van der Waals surface area contributed by atoms with E-state index in [0.29, 0.717) is 24.7 Å². The first-order valence-electron chi connectivity index (χ1n) is 8.44. The number of amides is 1. The van der Waals surface area contributed by atoms with Crippen molar-refractivity contribution >= 4 is 27.6 Å². The van der Waals surface area contributed by atoms with E-state index < -0.39 is 15.9 Å². The standard InChI is InChI=1S/C17H22N2O5S/c1-12-10-15(12)17(21)24-11-16(20)18-13-4-6-14(7-5-13)25(22,23)19-8-2-3-9-19/h4-7,12,15H,2-3,8-11H2,1H3,(H,18,20)/t12-,15-/m0/s1. The van der Waals surface area contributed by atoms with E-state index in [1.165, 1.54) is 28.6 Å². The molecule has 0 aromatic heterocycles. The van der Waals surface area contributed by atoms with Gasteiger partial charge in [0, 0.05) is 18.8 Å². The molecule has 0 unspecified atom stereocenters. The summed E-state index contributed by atoms with van der Waals surface area (Å²) in [5.74, 6) is -0.532. The van der Waals surface area contributed by atoms with E-state index in [0.717, 1.165) is 19.3 Å². The van der Waals surface area contributed by atoms with Gasteiger partial charge in [0.1, 0.15) is 0 Å². The Morgan fingerprint density at radius 3 is 2.36 bits per heavy atom. The summed E-state index contributed by atoms with van der Waals surface area (Å²) >= 11 is 0. The van der Waals surface area contributed by atoms with Gasteiger partial charge in [-0.05, 0) is 49.4 Å². The third-order valence-corrected chi connectivity index (χ3v) is 6.51. The molecule has 8 heteroatoms. The summed E-state index contributed by atoms with van der Waals surface area (Å²) in [7, 11) is -3.46. The highest BCUT2D eigenvalue weighted by atomic mass is 32.2. The van der Waals surface area contributed by atoms with Gasteiger partial charge in [0.05, 0.1) is 10.8 Å². The minimum Gasteiger partial charge on any atom is -0.455 e. The van der Waals surface area contributed by atoms with Crippen LogP contribution in [0.3, 0.4) is 0 Å². The van der Waals surface area contributed by atoms with Gasteiger partial charge in [-0.1, -0.05) is 6.92 Å². The van der Waals surface area contributed by atoms with Crippen molar-refractivity contribution in [3.63, 3.8) is 0 Å². The Morgan fingerprint density at radius 2 is 1.80 bits per heavy atom. The van der Waals surface area contributed by atoms with Crippen molar-refractivity contribution in [2.75, 3.05) is 25.0 Å². The molecule has 1 aromatic carbocycles. The quantitative estimate of drug-likeness (QED) is 0.772. The number of esters is 1. The predicted octanol–water partition coefficient (Wildman–Crippen LogP) is 1.61. The first-order chi connectivity index (χ1) is 11.9. The number of anilines is 1. The highest BCUT2D eigenvalue weighted by Crippen LogP contribution is 2.38. The van der Waals surface area contributed by atoms with E-state index in [1.54, 1.807) is 0 Å². The molecular weight excluding hydrogens is 344 g/mol. The van der Waals surface area contributed by atoms with Crippen molar-refractivity contribution in [1.29, 1.82) is 0 Å². The Hall–Kier alpha value is -1.93. The molecule has 3 rings (SSSR count). The first-order valence-corrected chi connectivity index (χ1v) is 9.88. The molecule has 1 saturated carbocycles. The lowest BCUT2D eigenvalue weighted by atomic mass is 10.3. The maximum Gasteiger partial charge on any atom is 0.309 e. The molecule has 1 N–H and O–H groups in total. The SMILES string of the molecule is C[C@H]1C[C@@H]1C(=O)OCC(=O)Nc1ccc(S(=O)(=O)N2CCCC2)cc1. The van der Waals surface area contributed by atoms with Crippen LogP contribution in [0, 0.1) is 11.8 Å². The maximum absolute atomic E-state index is 12.4. The number of benzene rings is 1. The molecule has 1 saturated heterocycles. The van der Waals surface area contributed by atoms with Gasteiger partial charge in [-0.3, -0.25) is 9.59 Å². The average molecular weight is 366 g/mol. The second-order valence-electron chi connectivity index (χ2n) is 6.61. The Bertz CT molecular complexity index is 754. The molecule has 7 nitrogen and oxygen atoms in total. The fourth-order valence-electron chi connectivity index (χ4n) is 2.88. The Balaban J connectivity index is 1.53. The minimum absolute atomic E-state index is 0.0807. The third kappa shape index (κ3) is 4.19. The van der Waals surface area contributed by atoms with Crippen molar-refractivity contribution in [3.8, 4) is 0 Å². The largest absolute Gasteiger partial charge is 0.455 e. The predicted molar refractivity (Wildman–Crippen MR) is 91.3 cm³/mol. The number of rotatable bonds is 6. The Kier molecular flexibility index (Phi) is 5.10. The highest BCUT2D eigenvalue weighted by Gasteiger charge is 2.40. The second-order valence-corrected chi connectivity index (χ2v) is 8.55. The Morgan fingerprint density at radius 1 is 1.20 bits per heavy atom. The molecule has 25 heavy (non-hydrogen) atoms. The van der Waals surface area contributed by atoms with Gasteiger partial charge in [0.15, 0.2) is 6.61 Å². The minimum atomic E-state index is -3.46. The number of hydrogen-bond donors (Lipinski definition) is 1. The van der Waals surface area contributed by atoms with Gasteiger partial charge in [0.2, 0.25) is 10.0 Å². The van der Waals surface area contributed by atoms with Crippen molar-refractivity contribution in [2.45, 2.75) is 31.1 Å². The van der Waals surface area contributed by atoms with Crippen LogP contribution in [0.4, 0.5) is 5.69 Å². The Labute approximate surface area is 147 Å². The lowest BCUT2D eigenvalue weighted by Gasteiger charge is -2.15. The summed E-state index contributed by atoms with van der Waals surface area (Å²) in [6.07, 6.45) is 2.57. The molecule has 0 radical (unpaired) electrons. The van der Waals surface area contributed by atoms with Crippen LogP contribution >= 0.6 is 0 Å². The molecule has 0 bridgehead atoms. The number of ether oxygens (including phenoxy) is 1. The van der Waals surface area contributed by atoms with Crippen molar-refractivity contribution in [1.82, 2.24) is 4.31 Å². The summed E-state index contributed by atoms with van der Waals surface area (Å²) in [4.78, 5) is 23.6. The van der Waals surface area contributed by atoms with Crippen LogP contribution in [-0.2, 0) is 24.3 Å². The number of sulfonamides is 1. The van der Waals surface area contributed by atoms with Crippen molar-refractivity contribution in [2.24, 2.45) is 11.8 Å². The summed E-state index contributed by atoms with van der Waals surface area (Å²) < 4.78 is 31.3. The van der Waals surface area contributed by atoms with E-state index in [4.69, 9.17) is 4.74 Å². The monoisotopic (exact) mass is 366 g/mol. The van der Waals surface area contributed by atoms with Crippen LogP contribution in [0.5, 0.6) is 0 Å². The first kappa shape index (κ1) is 17.9. The molecular formula is C17H22N2O5S. The van der Waals surface area contributed by atoms with E-state index in [2.05, 4.69) is 5.32 Å². The van der Waals surface area contributed by atoms with E-state index in [-0.39, 0.29) is 23.4 Å². The van der Waals surface area contributed by atoms with Gasteiger partial charge in [-0.15, -0.1) is 0 Å². The van der Waals surface area contributed by atoms with Crippen LogP contribution in [0.2, 0.25) is 0 Å². The normalized spacial score (nSPS) is 23.2. The molecule has 1 aliphatic heterocycles. The van der Waals surface area contributed by atoms with Gasteiger partial charge in [0.25, 0.3) is 5.91 Å².